The molecule has 3 aliphatic rings. The minimum Gasteiger partial charge on any atom is -0.377 e. The molecular weight excluding hydrogens is 535 g/mol. The van der Waals surface area contributed by atoms with Gasteiger partial charge in [0.25, 0.3) is 0 Å². The summed E-state index contributed by atoms with van der Waals surface area (Å²) in [5, 5.41) is 0. The molecule has 14 heteroatoms. The zero-order valence-corrected chi connectivity index (χ0v) is 22.4. The highest BCUT2D eigenvalue weighted by atomic mass is 32.2. The predicted octanol–water partition coefficient (Wildman–Crippen LogP) is 3.90. The van der Waals surface area contributed by atoms with Crippen LogP contribution in [0.3, 0.4) is 0 Å². The Balaban J connectivity index is 1.68. The maximum Gasteiger partial charge on any atom is 0.433 e. The topological polar surface area (TPSA) is 83.0 Å². The van der Waals surface area contributed by atoms with Crippen molar-refractivity contribution in [1.29, 1.82) is 0 Å². The molecule has 38 heavy (non-hydrogen) atoms. The number of carbonyl (C=O) groups is 1. The van der Waals surface area contributed by atoms with Crippen molar-refractivity contribution in [3.63, 3.8) is 0 Å². The number of rotatable bonds is 5. The lowest BCUT2D eigenvalue weighted by Gasteiger charge is -2.41. The Labute approximate surface area is 219 Å². The van der Waals surface area contributed by atoms with Gasteiger partial charge in [0.05, 0.1) is 25.3 Å². The maximum atomic E-state index is 13.9. The van der Waals surface area contributed by atoms with Gasteiger partial charge in [0.1, 0.15) is 22.4 Å². The standard InChI is InChI=1S/C24H33F5N4O4S/c1-15-13-37-14-16(2)33(15)21-19(6-7-20(30-21)24(27,28)29)38(35,36)32-12-4-5-18(32)22(34)31(3)17-8-10-23(25,26)11-9-17/h6-7,15-18H,4-5,8-14H2,1-3H3/t15-,16-,18-/m0/s1. The third-order valence-corrected chi connectivity index (χ3v) is 9.63. The monoisotopic (exact) mass is 568 g/mol. The second-order valence-electron chi connectivity index (χ2n) is 10.5. The van der Waals surface area contributed by atoms with E-state index in [0.717, 1.165) is 10.4 Å². The first-order valence-electron chi connectivity index (χ1n) is 12.7. The lowest BCUT2D eigenvalue weighted by molar-refractivity contribution is -0.141. The van der Waals surface area contributed by atoms with Crippen molar-refractivity contribution in [1.82, 2.24) is 14.2 Å². The molecule has 214 valence electrons. The van der Waals surface area contributed by atoms with Gasteiger partial charge >= 0.3 is 6.18 Å². The van der Waals surface area contributed by atoms with E-state index < -0.39 is 62.8 Å². The van der Waals surface area contributed by atoms with Crippen molar-refractivity contribution in [2.45, 2.75) is 93.5 Å². The first-order chi connectivity index (χ1) is 17.6. The molecule has 3 heterocycles. The normalized spacial score (nSPS) is 27.5. The minimum atomic E-state index is -4.79. The van der Waals surface area contributed by atoms with E-state index in [1.807, 2.05) is 0 Å². The van der Waals surface area contributed by atoms with Crippen LogP contribution in [0.2, 0.25) is 0 Å². The summed E-state index contributed by atoms with van der Waals surface area (Å²) in [6.45, 7) is 3.78. The van der Waals surface area contributed by atoms with E-state index in [-0.39, 0.29) is 57.7 Å². The molecule has 1 saturated carbocycles. The van der Waals surface area contributed by atoms with E-state index in [2.05, 4.69) is 4.98 Å². The Morgan fingerprint density at radius 3 is 2.29 bits per heavy atom. The first-order valence-corrected chi connectivity index (χ1v) is 14.2. The lowest BCUT2D eigenvalue weighted by atomic mass is 9.91. The van der Waals surface area contributed by atoms with Gasteiger partial charge in [-0.05, 0) is 51.7 Å². The number of alkyl halides is 5. The van der Waals surface area contributed by atoms with Gasteiger partial charge in [0.2, 0.25) is 21.9 Å². The lowest BCUT2D eigenvalue weighted by Crippen LogP contribution is -2.52. The largest absolute Gasteiger partial charge is 0.433 e. The van der Waals surface area contributed by atoms with Gasteiger partial charge < -0.3 is 14.5 Å². The molecule has 4 rings (SSSR count). The highest BCUT2D eigenvalue weighted by Crippen LogP contribution is 2.39. The summed E-state index contributed by atoms with van der Waals surface area (Å²) in [7, 11) is -2.96. The summed E-state index contributed by atoms with van der Waals surface area (Å²) < 4.78 is 102. The second kappa shape index (κ2) is 10.5. The summed E-state index contributed by atoms with van der Waals surface area (Å²) in [6.07, 6.45) is -4.68. The van der Waals surface area contributed by atoms with Crippen LogP contribution >= 0.6 is 0 Å². The predicted molar refractivity (Wildman–Crippen MR) is 128 cm³/mol. The summed E-state index contributed by atoms with van der Waals surface area (Å²) >= 11 is 0. The fourth-order valence-corrected chi connectivity index (χ4v) is 7.40. The van der Waals surface area contributed by atoms with Gasteiger partial charge in [-0.3, -0.25) is 4.79 Å². The number of pyridine rings is 1. The van der Waals surface area contributed by atoms with E-state index in [4.69, 9.17) is 4.74 Å². The highest BCUT2D eigenvalue weighted by molar-refractivity contribution is 7.89. The third kappa shape index (κ3) is 5.62. The number of aromatic nitrogens is 1. The Bertz CT molecular complexity index is 1130. The summed E-state index contributed by atoms with van der Waals surface area (Å²) in [4.78, 5) is 19.6. The molecular formula is C24H33F5N4O4S. The van der Waals surface area contributed by atoms with E-state index >= 15 is 0 Å². The number of amides is 1. The van der Waals surface area contributed by atoms with Gasteiger partial charge in [-0.15, -0.1) is 0 Å². The molecule has 3 fully saturated rings. The van der Waals surface area contributed by atoms with Crippen LogP contribution < -0.4 is 4.90 Å². The number of anilines is 1. The number of carbonyl (C=O) groups excluding carboxylic acids is 1. The number of halogens is 5. The third-order valence-electron chi connectivity index (χ3n) is 7.70. The number of likely N-dealkylation sites (N-methyl/N-ethyl adjacent to an activating group) is 1. The molecule has 2 aliphatic heterocycles. The number of hydrogen-bond donors (Lipinski definition) is 0. The van der Waals surface area contributed by atoms with Crippen molar-refractivity contribution < 1.29 is 39.9 Å². The van der Waals surface area contributed by atoms with E-state index in [1.54, 1.807) is 13.8 Å². The summed E-state index contributed by atoms with van der Waals surface area (Å²) in [5.74, 6) is -3.61. The number of nitrogens with zero attached hydrogens (tertiary/aromatic N) is 4. The van der Waals surface area contributed by atoms with Crippen molar-refractivity contribution in [2.24, 2.45) is 0 Å². The molecule has 0 unspecified atom stereocenters. The molecule has 2 saturated heterocycles. The van der Waals surface area contributed by atoms with Gasteiger partial charge in [0, 0.05) is 32.5 Å². The molecule has 0 bridgehead atoms. The number of ether oxygens (including phenoxy) is 1. The van der Waals surface area contributed by atoms with Crippen LogP contribution in [-0.2, 0) is 25.7 Å². The van der Waals surface area contributed by atoms with Crippen LogP contribution in [0, 0.1) is 0 Å². The fourth-order valence-electron chi connectivity index (χ4n) is 5.63. The SMILES string of the molecule is C[C@H]1COC[C@H](C)N1c1nc(C(F)(F)F)ccc1S(=O)(=O)N1CCC[C@H]1C(=O)N(C)C1CCC(F)(F)CC1. The van der Waals surface area contributed by atoms with Crippen LogP contribution in [0.1, 0.15) is 58.1 Å². The first kappa shape index (κ1) is 28.9. The van der Waals surface area contributed by atoms with Crippen molar-refractivity contribution in [3.8, 4) is 0 Å². The van der Waals surface area contributed by atoms with Crippen molar-refractivity contribution in [3.05, 3.63) is 17.8 Å². The van der Waals surface area contributed by atoms with Crippen LogP contribution in [0.5, 0.6) is 0 Å². The Morgan fingerprint density at radius 2 is 1.71 bits per heavy atom. The van der Waals surface area contributed by atoms with Crippen LogP contribution in [0.25, 0.3) is 0 Å². The fraction of sp³-hybridized carbons (Fsp3) is 0.750. The van der Waals surface area contributed by atoms with Crippen LogP contribution in [-0.4, -0.2) is 85.4 Å². The second-order valence-corrected chi connectivity index (χ2v) is 12.3. The molecule has 1 aromatic rings. The summed E-state index contributed by atoms with van der Waals surface area (Å²) in [6, 6.07) is -0.881. The van der Waals surface area contributed by atoms with Crippen LogP contribution in [0.4, 0.5) is 27.8 Å². The minimum absolute atomic E-state index is 0.00397. The zero-order valence-electron chi connectivity index (χ0n) is 21.5. The number of sulfonamides is 1. The quantitative estimate of drug-likeness (QED) is 0.502. The van der Waals surface area contributed by atoms with Gasteiger partial charge in [-0.1, -0.05) is 0 Å². The maximum absolute atomic E-state index is 13.9. The average molecular weight is 569 g/mol. The van der Waals surface area contributed by atoms with E-state index in [0.29, 0.717) is 12.5 Å². The highest BCUT2D eigenvalue weighted by Gasteiger charge is 2.46. The molecule has 8 nitrogen and oxygen atoms in total. The van der Waals surface area contributed by atoms with Crippen molar-refractivity contribution in [2.75, 3.05) is 31.7 Å². The Morgan fingerprint density at radius 1 is 1.11 bits per heavy atom. The molecule has 0 spiro atoms. The van der Waals surface area contributed by atoms with Gasteiger partial charge in [0.15, 0.2) is 0 Å². The zero-order chi connectivity index (χ0) is 28.0. The Hall–Kier alpha value is -2.06. The molecule has 1 aromatic heterocycles. The van der Waals surface area contributed by atoms with E-state index in [1.165, 1.54) is 16.8 Å². The van der Waals surface area contributed by atoms with Crippen LogP contribution in [0.15, 0.2) is 17.0 Å². The molecule has 0 aromatic carbocycles. The summed E-state index contributed by atoms with van der Waals surface area (Å²) in [5.41, 5.74) is -1.22. The van der Waals surface area contributed by atoms with Crippen molar-refractivity contribution >= 4 is 21.7 Å². The smallest absolute Gasteiger partial charge is 0.377 e. The Kier molecular flexibility index (Phi) is 7.99. The molecule has 1 amide bonds. The molecule has 1 aliphatic carbocycles. The molecule has 0 radical (unpaired) electrons. The number of hydrogen-bond acceptors (Lipinski definition) is 6. The molecule has 3 atom stereocenters. The van der Waals surface area contributed by atoms with Gasteiger partial charge in [-0.25, -0.2) is 22.2 Å². The molecule has 0 N–H and O–H groups in total. The average Bonchev–Trinajstić information content (AvgIpc) is 3.33. The number of morpholine rings is 1. The van der Waals surface area contributed by atoms with E-state index in [9.17, 15) is 35.2 Å². The van der Waals surface area contributed by atoms with Gasteiger partial charge in [-0.2, -0.15) is 17.5 Å².